The predicted molar refractivity (Wildman–Crippen MR) is 88.3 cm³/mol. The molecule has 6 heteroatoms. The highest BCUT2D eigenvalue weighted by Crippen LogP contribution is 2.23. The molecule has 114 valence electrons. The normalized spacial score (nSPS) is 15.5. The number of halogens is 1. The largest absolute Gasteiger partial charge is 0.368 e. The van der Waals surface area contributed by atoms with Gasteiger partial charge in [-0.25, -0.2) is 4.98 Å². The van der Waals surface area contributed by atoms with E-state index in [-0.39, 0.29) is 0 Å². The molecule has 0 spiro atoms. The van der Waals surface area contributed by atoms with Crippen LogP contribution in [0.15, 0.2) is 18.5 Å². The number of nitrogens with one attached hydrogen (secondary N) is 1. The Morgan fingerprint density at radius 1 is 1.14 bits per heavy atom. The Morgan fingerprint density at radius 2 is 1.86 bits per heavy atom. The first-order valence-electron chi connectivity index (χ1n) is 7.24. The van der Waals surface area contributed by atoms with E-state index in [1.807, 2.05) is 13.0 Å². The second kappa shape index (κ2) is 6.39. The molecule has 0 aliphatic carbocycles. The van der Waals surface area contributed by atoms with Crippen LogP contribution in [0.3, 0.4) is 0 Å². The van der Waals surface area contributed by atoms with Gasteiger partial charge in [0.1, 0.15) is 5.15 Å². The summed E-state index contributed by atoms with van der Waals surface area (Å²) in [4.78, 5) is 8.81. The molecular weight excluding hydrogens is 298 g/mol. The van der Waals surface area contributed by atoms with Crippen LogP contribution in [-0.4, -0.2) is 53.3 Å². The van der Waals surface area contributed by atoms with Crippen molar-refractivity contribution < 1.29 is 0 Å². The highest BCUT2D eigenvalue weighted by atomic mass is 35.5. The topological polar surface area (TPSA) is 48.1 Å². The van der Waals surface area contributed by atoms with Gasteiger partial charge in [0.05, 0.1) is 23.0 Å². The average Bonchev–Trinajstić information content (AvgIpc) is 2.92. The average molecular weight is 316 g/mol. The van der Waals surface area contributed by atoms with Gasteiger partial charge in [-0.1, -0.05) is 23.4 Å². The number of rotatable bonds is 1. The summed E-state index contributed by atoms with van der Waals surface area (Å²) < 4.78 is 0. The highest BCUT2D eigenvalue weighted by molar-refractivity contribution is 6.29. The van der Waals surface area contributed by atoms with Crippen molar-refractivity contribution in [2.24, 2.45) is 0 Å². The van der Waals surface area contributed by atoms with Crippen molar-refractivity contribution in [2.45, 2.75) is 6.92 Å². The molecule has 1 aliphatic heterocycles. The first-order valence-corrected chi connectivity index (χ1v) is 7.62. The minimum absolute atomic E-state index is 0.499. The summed E-state index contributed by atoms with van der Waals surface area (Å²) in [6.07, 6.45) is 3.49. The van der Waals surface area contributed by atoms with E-state index < -0.39 is 0 Å². The van der Waals surface area contributed by atoms with Crippen LogP contribution in [0.2, 0.25) is 5.15 Å². The molecule has 0 atom stereocenters. The third-order valence-electron chi connectivity index (χ3n) is 3.85. The van der Waals surface area contributed by atoms with E-state index in [9.17, 15) is 0 Å². The lowest BCUT2D eigenvalue weighted by molar-refractivity contribution is 0.313. The fourth-order valence-corrected chi connectivity index (χ4v) is 2.59. The zero-order valence-corrected chi connectivity index (χ0v) is 13.5. The van der Waals surface area contributed by atoms with Crippen molar-refractivity contribution in [3.63, 3.8) is 0 Å². The van der Waals surface area contributed by atoms with E-state index in [2.05, 4.69) is 43.9 Å². The lowest BCUT2D eigenvalue weighted by Crippen LogP contribution is -2.44. The van der Waals surface area contributed by atoms with E-state index >= 15 is 0 Å². The van der Waals surface area contributed by atoms with Gasteiger partial charge in [0, 0.05) is 44.1 Å². The Hall–Kier alpha value is -2.03. The summed E-state index contributed by atoms with van der Waals surface area (Å²) in [6, 6.07) is 1.90. The van der Waals surface area contributed by atoms with Crippen LogP contribution in [0.5, 0.6) is 0 Å². The molecule has 5 nitrogen and oxygen atoms in total. The number of piperazine rings is 1. The van der Waals surface area contributed by atoms with Crippen LogP contribution in [0.25, 0.3) is 0 Å². The summed E-state index contributed by atoms with van der Waals surface area (Å²) in [7, 11) is 2.14. The maximum atomic E-state index is 6.08. The second-order valence-electron chi connectivity index (χ2n) is 5.47. The number of aromatic nitrogens is 3. The van der Waals surface area contributed by atoms with E-state index in [0.29, 0.717) is 5.15 Å². The highest BCUT2D eigenvalue weighted by Gasteiger charge is 2.17. The third-order valence-corrected chi connectivity index (χ3v) is 4.06. The minimum Gasteiger partial charge on any atom is -0.368 e. The molecule has 0 aromatic carbocycles. The number of aryl methyl sites for hydroxylation is 1. The van der Waals surface area contributed by atoms with Crippen LogP contribution < -0.4 is 4.90 Å². The van der Waals surface area contributed by atoms with Gasteiger partial charge in [-0.2, -0.15) is 5.10 Å². The summed E-state index contributed by atoms with van der Waals surface area (Å²) in [5, 5.41) is 7.38. The third kappa shape index (κ3) is 3.24. The summed E-state index contributed by atoms with van der Waals surface area (Å²) >= 11 is 6.08. The smallest absolute Gasteiger partial charge is 0.131 e. The standard InChI is InChI=1S/C16H18ClN5/c1-12-13(11-19-20-12)3-4-14-10-18-16(17)9-15(14)22-7-5-21(2)6-8-22/h9-11H,5-8H2,1-2H3,(H,19,20). The fraction of sp³-hybridized carbons (Fsp3) is 0.375. The molecule has 1 N–H and O–H groups in total. The van der Waals surface area contributed by atoms with E-state index in [4.69, 9.17) is 11.6 Å². The second-order valence-corrected chi connectivity index (χ2v) is 5.86. The Labute approximate surface area is 135 Å². The number of likely N-dealkylation sites (N-methyl/N-ethyl adjacent to an activating group) is 1. The molecule has 2 aromatic rings. The molecule has 1 fully saturated rings. The molecule has 2 aromatic heterocycles. The van der Waals surface area contributed by atoms with E-state index in [0.717, 1.165) is 48.7 Å². The number of hydrogen-bond acceptors (Lipinski definition) is 4. The van der Waals surface area contributed by atoms with Gasteiger partial charge in [-0.05, 0) is 14.0 Å². The molecule has 1 saturated heterocycles. The van der Waals surface area contributed by atoms with Gasteiger partial charge in [0.25, 0.3) is 0 Å². The molecule has 0 radical (unpaired) electrons. The van der Waals surface area contributed by atoms with Crippen LogP contribution in [0.1, 0.15) is 16.8 Å². The van der Waals surface area contributed by atoms with Gasteiger partial charge >= 0.3 is 0 Å². The van der Waals surface area contributed by atoms with Gasteiger partial charge in [-0.15, -0.1) is 0 Å². The predicted octanol–water partition coefficient (Wildman–Crippen LogP) is 1.92. The molecule has 0 saturated carbocycles. The van der Waals surface area contributed by atoms with Crippen molar-refractivity contribution in [1.82, 2.24) is 20.1 Å². The van der Waals surface area contributed by atoms with Crippen LogP contribution in [-0.2, 0) is 0 Å². The Morgan fingerprint density at radius 3 is 2.55 bits per heavy atom. The summed E-state index contributed by atoms with van der Waals surface area (Å²) in [6.45, 7) is 5.96. The molecule has 3 heterocycles. The van der Waals surface area contributed by atoms with Crippen molar-refractivity contribution in [1.29, 1.82) is 0 Å². The molecule has 22 heavy (non-hydrogen) atoms. The summed E-state index contributed by atoms with van der Waals surface area (Å²) in [5.41, 5.74) is 3.83. The SMILES string of the molecule is Cc1[nH]ncc1C#Cc1cnc(Cl)cc1N1CCN(C)CC1. The minimum atomic E-state index is 0.499. The lowest BCUT2D eigenvalue weighted by Gasteiger charge is -2.34. The van der Waals surface area contributed by atoms with Gasteiger partial charge in [0.15, 0.2) is 0 Å². The molecular formula is C16H18ClN5. The Balaban J connectivity index is 1.91. The van der Waals surface area contributed by atoms with Crippen molar-refractivity contribution in [2.75, 3.05) is 38.1 Å². The van der Waals surface area contributed by atoms with Crippen LogP contribution >= 0.6 is 11.6 Å². The quantitative estimate of drug-likeness (QED) is 0.645. The molecule has 0 bridgehead atoms. The maximum Gasteiger partial charge on any atom is 0.131 e. The van der Waals surface area contributed by atoms with Crippen molar-refractivity contribution in [3.05, 3.63) is 40.4 Å². The molecule has 0 unspecified atom stereocenters. The summed E-state index contributed by atoms with van der Waals surface area (Å²) in [5.74, 6) is 6.36. The van der Waals surface area contributed by atoms with Gasteiger partial charge in [0.2, 0.25) is 0 Å². The van der Waals surface area contributed by atoms with Crippen LogP contribution in [0, 0.1) is 18.8 Å². The molecule has 0 amide bonds. The maximum absolute atomic E-state index is 6.08. The zero-order valence-electron chi connectivity index (χ0n) is 12.7. The number of H-pyrrole nitrogens is 1. The van der Waals surface area contributed by atoms with Gasteiger partial charge in [-0.3, -0.25) is 5.10 Å². The Bertz CT molecular complexity index is 720. The monoisotopic (exact) mass is 315 g/mol. The first kappa shape index (κ1) is 14.9. The first-order chi connectivity index (χ1) is 10.6. The van der Waals surface area contributed by atoms with Crippen LogP contribution in [0.4, 0.5) is 5.69 Å². The van der Waals surface area contributed by atoms with E-state index in [1.54, 1.807) is 12.4 Å². The fourth-order valence-electron chi connectivity index (χ4n) is 2.44. The number of pyridine rings is 1. The number of aromatic amines is 1. The lowest BCUT2D eigenvalue weighted by atomic mass is 10.1. The number of hydrogen-bond donors (Lipinski definition) is 1. The Kier molecular flexibility index (Phi) is 4.32. The number of anilines is 1. The number of nitrogens with zero attached hydrogens (tertiary/aromatic N) is 4. The molecule has 3 rings (SSSR count). The van der Waals surface area contributed by atoms with Crippen molar-refractivity contribution >= 4 is 17.3 Å². The van der Waals surface area contributed by atoms with Gasteiger partial charge < -0.3 is 9.80 Å². The zero-order chi connectivity index (χ0) is 15.5. The molecule has 1 aliphatic rings. The van der Waals surface area contributed by atoms with Crippen molar-refractivity contribution in [3.8, 4) is 11.8 Å². The van der Waals surface area contributed by atoms with E-state index in [1.165, 1.54) is 0 Å².